The smallest absolute Gasteiger partial charge is 0.155 e. The van der Waals surface area contributed by atoms with Crippen LogP contribution in [0.15, 0.2) is 418 Å². The van der Waals surface area contributed by atoms with Crippen LogP contribution in [-0.2, 0) is 167 Å². The summed E-state index contributed by atoms with van der Waals surface area (Å²) in [5.41, 5.74) is 17.3. The molecule has 11 aromatic carbocycles. The normalized spacial score (nSPS) is 10.0. The van der Waals surface area contributed by atoms with Gasteiger partial charge in [0.25, 0.3) is 0 Å². The van der Waals surface area contributed by atoms with Gasteiger partial charge >= 0.3 is 0 Å². The third kappa shape index (κ3) is 48.7. The predicted molar refractivity (Wildman–Crippen MR) is 537 cm³/mol. The molecule has 17 nitrogen and oxygen atoms in total. The van der Waals surface area contributed by atoms with Crippen molar-refractivity contribution < 1.29 is 207 Å². The molecule has 0 amide bonds. The Morgan fingerprint density at radius 2 is 0.637 bits per heavy atom. The zero-order valence-corrected chi connectivity index (χ0v) is 96.2. The molecule has 18 rings (SSSR count). The van der Waals surface area contributed by atoms with Gasteiger partial charge in [-0.1, -0.05) is 169 Å². The Balaban J connectivity index is 0.000000813. The summed E-state index contributed by atoms with van der Waals surface area (Å²) >= 11 is 0. The summed E-state index contributed by atoms with van der Waals surface area (Å²) in [5, 5.41) is 46.0. The molecule has 146 heavy (non-hydrogen) atoms. The van der Waals surface area contributed by atoms with Crippen LogP contribution in [0.25, 0.3) is 123 Å². The number of fused-ring (bicyclic) bond motifs is 3. The number of aromatic nitrogens is 8. The van der Waals surface area contributed by atoms with Crippen molar-refractivity contribution in [3.8, 4) is 101 Å². The van der Waals surface area contributed by atoms with Crippen molar-refractivity contribution in [2.75, 3.05) is 0 Å². The Bertz CT molecular complexity index is 6690. The second kappa shape index (κ2) is 73.1. The number of hydrogen-bond acceptors (Lipinski definition) is 17. The van der Waals surface area contributed by atoms with Crippen LogP contribution in [-0.4, -0.2) is 88.5 Å². The molecular formula is C117H96F5Ir7N8O9-7. The summed E-state index contributed by atoms with van der Waals surface area (Å²) in [5.74, 6) is -2.41. The van der Waals surface area contributed by atoms with E-state index >= 15 is 0 Å². The largest absolute Gasteiger partial charge is 0.512 e. The van der Waals surface area contributed by atoms with Gasteiger partial charge in [-0.25, -0.2) is 0 Å². The maximum absolute atomic E-state index is 13.2. The van der Waals surface area contributed by atoms with Gasteiger partial charge < -0.3 is 55.4 Å². The molecule has 7 radical (unpaired) electrons. The molecule has 7 aromatic heterocycles. The Labute approximate surface area is 941 Å². The summed E-state index contributed by atoms with van der Waals surface area (Å²) in [6, 6.07) is 120. The van der Waals surface area contributed by atoms with Crippen LogP contribution in [0.2, 0.25) is 0 Å². The Morgan fingerprint density at radius 1 is 0.274 bits per heavy atom. The van der Waals surface area contributed by atoms with Crippen LogP contribution in [0.1, 0.15) is 61.0 Å². The number of aliphatic hydroxyl groups is 5. The number of carbonyl (C=O) groups is 4. The van der Waals surface area contributed by atoms with E-state index in [1.165, 1.54) is 143 Å². The average molecular weight is 3200 g/mol. The number of hydrogen-bond donors (Lipinski definition) is 5. The summed E-state index contributed by atoms with van der Waals surface area (Å²) in [6.07, 6.45) is 16.5. The number of aliphatic hydroxyl groups excluding tert-OH is 5. The van der Waals surface area contributed by atoms with Crippen molar-refractivity contribution in [2.24, 2.45) is 0 Å². The van der Waals surface area contributed by atoms with Crippen LogP contribution in [0.3, 0.4) is 0 Å². The van der Waals surface area contributed by atoms with Crippen molar-refractivity contribution in [3.05, 3.63) is 495 Å². The predicted octanol–water partition coefficient (Wildman–Crippen LogP) is 27.2. The van der Waals surface area contributed by atoms with Crippen LogP contribution >= 0.6 is 0 Å². The molecule has 0 atom stereocenters. The van der Waals surface area contributed by atoms with Gasteiger partial charge in [0.2, 0.25) is 0 Å². The molecule has 7 heterocycles. The monoisotopic (exact) mass is 3200 g/mol. The number of ketones is 4. The van der Waals surface area contributed by atoms with E-state index in [0.717, 1.165) is 90.8 Å². The van der Waals surface area contributed by atoms with Gasteiger partial charge in [-0.3, -0.25) is 51.1 Å². The van der Waals surface area contributed by atoms with E-state index in [9.17, 15) is 41.1 Å². The topological polar surface area (TPSA) is 273 Å². The van der Waals surface area contributed by atoms with Crippen molar-refractivity contribution in [3.63, 3.8) is 0 Å². The molecule has 0 aliphatic heterocycles. The van der Waals surface area contributed by atoms with Crippen LogP contribution < -0.4 is 0 Å². The van der Waals surface area contributed by atoms with Gasteiger partial charge in [0, 0.05) is 249 Å². The van der Waals surface area contributed by atoms with Gasteiger partial charge in [-0.05, 0) is 153 Å². The molecular weight excluding hydrogens is 3100 g/mol. The third-order valence-corrected chi connectivity index (χ3v) is 18.0. The second-order valence-corrected chi connectivity index (χ2v) is 29.5. The number of halogens is 5. The van der Waals surface area contributed by atoms with E-state index in [1.807, 2.05) is 158 Å². The quantitative estimate of drug-likeness (QED) is 0.0222. The summed E-state index contributed by atoms with van der Waals surface area (Å²) < 4.78 is 63.6. The third-order valence-electron chi connectivity index (χ3n) is 18.0. The number of allylic oxidation sites excluding steroid dienone is 8. The minimum atomic E-state index is -0.649. The number of rotatable bonds is 14. The molecule has 0 bridgehead atoms. The molecule has 5 N–H and O–H groups in total. The Morgan fingerprint density at radius 3 is 1.03 bits per heavy atom. The molecule has 0 fully saturated rings. The Hall–Kier alpha value is -13.1. The standard InChI is InChI=1S/C19H12N.C17H12N.C16H11N2.C12H9FNO.C11H6F2N.2C11H7FN.4C5H8O2.7Ir/c1-2-8-14(9-3-1)19-17-12-5-4-10-15(17)16-11-6-7-13-18(16)20-19;1-2-7-14(8-3-1)15-9-6-10-16(13-15)17-11-4-5-12-18-17;1-3-7-13(8-4-1)15-16(18-12-11-17-15)14-9-5-2-6-10-14;13-11-3-1-10(2-4-11)12-7-9(8-15)5-6-14-12;12-8-4-5-9(10(13)7-8)11-3-1-2-6-14-11;2*12-10-6-4-9(5-7-10)11-3-1-2-8-13-11;4*1-4(6)3-5(2)7;;;;;;;/h1-8,10-13H;1-9,11-13H;1-9,11-12H;1,3-7,15H,8H2;1-4,6-7H;2*1-4,6-8H;4*3,6H,1-2H3;;;;;;;/q7*-1;;;;;;;;;;;. The molecule has 0 spiro atoms. The average Bonchev–Trinajstić information content (AvgIpc) is 0.767. The number of para-hydroxylation sites is 1. The number of benzene rings is 11. The molecule has 0 aliphatic carbocycles. The first-order valence-corrected chi connectivity index (χ1v) is 42.9. The van der Waals surface area contributed by atoms with Gasteiger partial charge in [0.1, 0.15) is 0 Å². The maximum Gasteiger partial charge on any atom is 0.155 e. The van der Waals surface area contributed by atoms with E-state index in [1.54, 1.807) is 91.9 Å². The van der Waals surface area contributed by atoms with Crippen LogP contribution in [0.5, 0.6) is 0 Å². The van der Waals surface area contributed by atoms with E-state index in [-0.39, 0.29) is 217 Å². The molecule has 0 aliphatic rings. The van der Waals surface area contributed by atoms with Crippen molar-refractivity contribution in [1.29, 1.82) is 0 Å². The van der Waals surface area contributed by atoms with Gasteiger partial charge in [-0.15, -0.1) is 209 Å². The SMILES string of the molecule is CC(=O)C=C(C)O.CC(=O)C=C(C)O.CC(=O)C=C(C)O.CC(=O)C=C(C)O.Fc1c[c-]c(-c2ccccn2)c(F)c1.Fc1c[c-]c(-c2ccccn2)cc1.Fc1c[c-]c(-c2ccccn2)cc1.OCc1ccnc(-c2[c-]cc(F)cc2)c1.[Ir].[Ir].[Ir].[Ir].[Ir].[Ir].[Ir].[c-]1ccc(-c2ccccc2)cc1-c1ccccn1.[c-]1ccccc1-c1nc2ccccc2c2ccccc12.[c-]1ccccc1-c1nccnc1-c1ccccc1. The molecule has 0 saturated carbocycles. The van der Waals surface area contributed by atoms with E-state index in [4.69, 9.17) is 30.5 Å². The zero-order valence-electron chi connectivity index (χ0n) is 79.4. The van der Waals surface area contributed by atoms with Crippen molar-refractivity contribution in [1.82, 2.24) is 39.9 Å². The van der Waals surface area contributed by atoms with Gasteiger partial charge in [0.05, 0.1) is 40.9 Å². The molecule has 0 unspecified atom stereocenters. The molecule has 763 valence electrons. The fourth-order valence-corrected chi connectivity index (χ4v) is 12.3. The summed E-state index contributed by atoms with van der Waals surface area (Å²) in [6.45, 7) is 11.4. The minimum absolute atomic E-state index is 0. The fourth-order valence-electron chi connectivity index (χ4n) is 12.3. The molecule has 29 heteroatoms. The van der Waals surface area contributed by atoms with E-state index < -0.39 is 11.6 Å². The Kier molecular flexibility index (Phi) is 65.5. The first-order chi connectivity index (χ1) is 67.1. The van der Waals surface area contributed by atoms with E-state index in [0.29, 0.717) is 17.0 Å². The number of nitrogens with zero attached hydrogens (tertiary/aromatic N) is 8. The molecule has 0 saturated heterocycles. The number of carbonyl (C=O) groups excluding carboxylic acids is 4. The second-order valence-electron chi connectivity index (χ2n) is 29.5. The van der Waals surface area contributed by atoms with Crippen LogP contribution in [0, 0.1) is 71.6 Å². The first-order valence-electron chi connectivity index (χ1n) is 42.9. The van der Waals surface area contributed by atoms with Crippen molar-refractivity contribution >= 4 is 44.8 Å². The van der Waals surface area contributed by atoms with Crippen molar-refractivity contribution in [2.45, 2.75) is 62.0 Å². The zero-order chi connectivity index (χ0) is 100. The fraction of sp³-hybridized carbons (Fsp3) is 0.0769. The minimum Gasteiger partial charge on any atom is -0.512 e. The van der Waals surface area contributed by atoms with Crippen LogP contribution in [0.4, 0.5) is 22.0 Å². The molecule has 18 aromatic rings. The first kappa shape index (κ1) is 131. The van der Waals surface area contributed by atoms with Gasteiger partial charge in [-0.2, -0.15) is 0 Å². The van der Waals surface area contributed by atoms with E-state index in [2.05, 4.69) is 150 Å². The maximum atomic E-state index is 13.2. The number of pyridine rings is 6. The van der Waals surface area contributed by atoms with Gasteiger partial charge in [0.15, 0.2) is 23.1 Å². The summed E-state index contributed by atoms with van der Waals surface area (Å²) in [4.78, 5) is 74.5. The summed E-state index contributed by atoms with van der Waals surface area (Å²) in [7, 11) is 0.